The fourth-order valence-corrected chi connectivity index (χ4v) is 4.48. The SMILES string of the molecule is CCC[C@H](N[C@H](C=O)CN1[C@H](C(=O)O)C[C@@H]2CCCC[C@@H]21)C(=O)OCC. The van der Waals surface area contributed by atoms with Crippen molar-refractivity contribution in [2.24, 2.45) is 5.92 Å². The van der Waals surface area contributed by atoms with Gasteiger partial charge in [0.05, 0.1) is 12.6 Å². The summed E-state index contributed by atoms with van der Waals surface area (Å²) in [5.74, 6) is -0.777. The van der Waals surface area contributed by atoms with Crippen LogP contribution in [0.2, 0.25) is 0 Å². The number of ether oxygens (including phenoxy) is 1. The van der Waals surface area contributed by atoms with Gasteiger partial charge in [-0.05, 0) is 38.5 Å². The molecule has 1 saturated heterocycles. The second-order valence-electron chi connectivity index (χ2n) is 7.40. The van der Waals surface area contributed by atoms with Crippen LogP contribution in [0, 0.1) is 5.92 Å². The van der Waals surface area contributed by atoms with Gasteiger partial charge in [0, 0.05) is 12.6 Å². The van der Waals surface area contributed by atoms with Crippen LogP contribution in [0.4, 0.5) is 0 Å². The number of nitrogens with zero attached hydrogens (tertiary/aromatic N) is 1. The average molecular weight is 368 g/mol. The molecule has 0 unspecified atom stereocenters. The Bertz CT molecular complexity index is 498. The first-order chi connectivity index (χ1) is 12.5. The molecule has 148 valence electrons. The summed E-state index contributed by atoms with van der Waals surface area (Å²) in [5.41, 5.74) is 0. The monoisotopic (exact) mass is 368 g/mol. The predicted molar refractivity (Wildman–Crippen MR) is 96.8 cm³/mol. The van der Waals surface area contributed by atoms with E-state index in [4.69, 9.17) is 4.74 Å². The van der Waals surface area contributed by atoms with Crippen molar-refractivity contribution in [3.8, 4) is 0 Å². The van der Waals surface area contributed by atoms with E-state index in [1.807, 2.05) is 11.8 Å². The van der Waals surface area contributed by atoms with E-state index in [2.05, 4.69) is 5.32 Å². The number of nitrogens with one attached hydrogen (secondary N) is 1. The van der Waals surface area contributed by atoms with Crippen LogP contribution in [0.15, 0.2) is 0 Å². The van der Waals surface area contributed by atoms with E-state index >= 15 is 0 Å². The maximum absolute atomic E-state index is 12.1. The van der Waals surface area contributed by atoms with Gasteiger partial charge in [-0.25, -0.2) is 0 Å². The molecule has 0 amide bonds. The van der Waals surface area contributed by atoms with Gasteiger partial charge in [0.1, 0.15) is 18.4 Å². The van der Waals surface area contributed by atoms with Crippen molar-refractivity contribution < 1.29 is 24.2 Å². The predicted octanol–water partition coefficient (Wildman–Crippen LogP) is 1.59. The number of carboxylic acids is 1. The first-order valence-corrected chi connectivity index (χ1v) is 9.88. The number of aliphatic carboxylic acids is 1. The van der Waals surface area contributed by atoms with Crippen molar-refractivity contribution in [1.29, 1.82) is 0 Å². The number of carbonyl (C=O) groups excluding carboxylic acids is 2. The maximum Gasteiger partial charge on any atom is 0.323 e. The highest BCUT2D eigenvalue weighted by Gasteiger charge is 2.45. The number of aldehydes is 1. The van der Waals surface area contributed by atoms with E-state index in [1.54, 1.807) is 6.92 Å². The smallest absolute Gasteiger partial charge is 0.323 e. The summed E-state index contributed by atoms with van der Waals surface area (Å²) in [5, 5.41) is 12.7. The van der Waals surface area contributed by atoms with Crippen LogP contribution in [-0.2, 0) is 19.1 Å². The second kappa shape index (κ2) is 10.0. The molecule has 5 atom stereocenters. The molecule has 7 heteroatoms. The molecular formula is C19H32N2O5. The summed E-state index contributed by atoms with van der Waals surface area (Å²) in [6.45, 7) is 4.34. The Balaban J connectivity index is 2.06. The molecule has 2 aliphatic rings. The van der Waals surface area contributed by atoms with Crippen molar-refractivity contribution >= 4 is 18.2 Å². The van der Waals surface area contributed by atoms with Crippen molar-refractivity contribution in [1.82, 2.24) is 10.2 Å². The number of hydrogen-bond donors (Lipinski definition) is 2. The summed E-state index contributed by atoms with van der Waals surface area (Å²) in [4.78, 5) is 37.5. The quantitative estimate of drug-likeness (QED) is 0.446. The number of hydrogen-bond acceptors (Lipinski definition) is 6. The largest absolute Gasteiger partial charge is 0.480 e. The van der Waals surface area contributed by atoms with Gasteiger partial charge in [0.25, 0.3) is 0 Å². The fraction of sp³-hybridized carbons (Fsp3) is 0.842. The lowest BCUT2D eigenvalue weighted by Gasteiger charge is -2.35. The zero-order valence-corrected chi connectivity index (χ0v) is 15.9. The minimum Gasteiger partial charge on any atom is -0.480 e. The highest BCUT2D eigenvalue weighted by Crippen LogP contribution is 2.39. The van der Waals surface area contributed by atoms with E-state index in [-0.39, 0.29) is 12.0 Å². The Morgan fingerprint density at radius 2 is 2.04 bits per heavy atom. The number of likely N-dealkylation sites (tertiary alicyclic amines) is 1. The van der Waals surface area contributed by atoms with Gasteiger partial charge in [0.2, 0.25) is 0 Å². The molecule has 26 heavy (non-hydrogen) atoms. The molecule has 1 heterocycles. The van der Waals surface area contributed by atoms with Gasteiger partial charge in [-0.3, -0.25) is 19.8 Å². The van der Waals surface area contributed by atoms with E-state index in [9.17, 15) is 19.5 Å². The normalized spacial score (nSPS) is 28.2. The van der Waals surface area contributed by atoms with Crippen molar-refractivity contribution in [2.45, 2.75) is 83.0 Å². The van der Waals surface area contributed by atoms with Crippen molar-refractivity contribution in [3.63, 3.8) is 0 Å². The molecule has 2 fully saturated rings. The molecule has 7 nitrogen and oxygen atoms in total. The third-order valence-electron chi connectivity index (χ3n) is 5.64. The summed E-state index contributed by atoms with van der Waals surface area (Å²) >= 11 is 0. The molecule has 0 radical (unpaired) electrons. The Morgan fingerprint density at radius 3 is 2.65 bits per heavy atom. The Labute approximate surface area is 155 Å². The van der Waals surface area contributed by atoms with Crippen molar-refractivity contribution in [2.75, 3.05) is 13.2 Å². The zero-order chi connectivity index (χ0) is 19.1. The van der Waals surface area contributed by atoms with Gasteiger partial charge < -0.3 is 14.6 Å². The lowest BCUT2D eigenvalue weighted by atomic mass is 9.84. The minimum absolute atomic E-state index is 0.223. The third kappa shape index (κ3) is 5.04. The Hall–Kier alpha value is -1.47. The van der Waals surface area contributed by atoms with Gasteiger partial charge >= 0.3 is 11.9 Å². The lowest BCUT2D eigenvalue weighted by Crippen LogP contribution is -2.53. The topological polar surface area (TPSA) is 95.9 Å². The van der Waals surface area contributed by atoms with Gasteiger partial charge in [-0.15, -0.1) is 0 Å². The van der Waals surface area contributed by atoms with Crippen LogP contribution >= 0.6 is 0 Å². The molecular weight excluding hydrogens is 336 g/mol. The lowest BCUT2D eigenvalue weighted by molar-refractivity contribution is -0.147. The van der Waals surface area contributed by atoms with Crippen LogP contribution < -0.4 is 5.32 Å². The molecule has 0 aromatic heterocycles. The first-order valence-electron chi connectivity index (χ1n) is 9.88. The summed E-state index contributed by atoms with van der Waals surface area (Å²) in [6, 6.07) is -1.44. The van der Waals surface area contributed by atoms with Gasteiger partial charge in [0.15, 0.2) is 0 Å². The van der Waals surface area contributed by atoms with Crippen LogP contribution in [-0.4, -0.2) is 65.6 Å². The maximum atomic E-state index is 12.1. The molecule has 0 bridgehead atoms. The summed E-state index contributed by atoms with van der Waals surface area (Å²) < 4.78 is 5.09. The summed E-state index contributed by atoms with van der Waals surface area (Å²) in [7, 11) is 0. The average Bonchev–Trinajstić information content (AvgIpc) is 2.99. The van der Waals surface area contributed by atoms with E-state index in [0.29, 0.717) is 31.9 Å². The zero-order valence-electron chi connectivity index (χ0n) is 15.9. The number of carbonyl (C=O) groups is 3. The highest BCUT2D eigenvalue weighted by atomic mass is 16.5. The minimum atomic E-state index is -0.820. The van der Waals surface area contributed by atoms with E-state index < -0.39 is 24.1 Å². The number of fused-ring (bicyclic) bond motifs is 1. The molecule has 0 aromatic rings. The Kier molecular flexibility index (Phi) is 8.03. The molecule has 1 aliphatic heterocycles. The third-order valence-corrected chi connectivity index (χ3v) is 5.64. The number of carboxylic acid groups (broad SMARTS) is 1. The first kappa shape index (κ1) is 20.8. The molecule has 1 saturated carbocycles. The van der Waals surface area contributed by atoms with Gasteiger partial charge in [-0.2, -0.15) is 0 Å². The Morgan fingerprint density at radius 1 is 1.31 bits per heavy atom. The van der Waals surface area contributed by atoms with Crippen LogP contribution in [0.1, 0.15) is 58.8 Å². The van der Waals surface area contributed by atoms with Gasteiger partial charge in [-0.1, -0.05) is 26.2 Å². The molecule has 1 aliphatic carbocycles. The van der Waals surface area contributed by atoms with E-state index in [0.717, 1.165) is 38.4 Å². The highest BCUT2D eigenvalue weighted by molar-refractivity contribution is 5.76. The standard InChI is InChI=1S/C19H32N2O5/c1-3-7-15(19(25)26-4-2)20-14(12-22)11-21-16-9-6-5-8-13(16)10-17(21)18(23)24/h12-17,20H,3-11H2,1-2H3,(H,23,24)/t13-,14-,15-,16-,17-/m0/s1. The van der Waals surface area contributed by atoms with Crippen LogP contribution in [0.3, 0.4) is 0 Å². The van der Waals surface area contributed by atoms with Crippen molar-refractivity contribution in [3.05, 3.63) is 0 Å². The van der Waals surface area contributed by atoms with E-state index in [1.165, 1.54) is 0 Å². The molecule has 0 aromatic carbocycles. The number of rotatable bonds is 10. The number of esters is 1. The molecule has 2 N–H and O–H groups in total. The molecule has 2 rings (SSSR count). The fourth-order valence-electron chi connectivity index (χ4n) is 4.48. The van der Waals surface area contributed by atoms with Crippen LogP contribution in [0.5, 0.6) is 0 Å². The molecule has 0 spiro atoms. The second-order valence-corrected chi connectivity index (χ2v) is 7.40. The summed E-state index contributed by atoms with van der Waals surface area (Å²) in [6.07, 6.45) is 7.11. The van der Waals surface area contributed by atoms with Crippen LogP contribution in [0.25, 0.3) is 0 Å².